The maximum Gasteiger partial charge on any atom is 0.355 e. The Morgan fingerprint density at radius 1 is 1.11 bits per heavy atom. The summed E-state index contributed by atoms with van der Waals surface area (Å²) in [6.07, 6.45) is -0.957. The molecule has 0 aliphatic rings. The summed E-state index contributed by atoms with van der Waals surface area (Å²) >= 11 is 0. The summed E-state index contributed by atoms with van der Waals surface area (Å²) in [7, 11) is 1.66. The summed E-state index contributed by atoms with van der Waals surface area (Å²) in [5, 5.41) is 0. The van der Waals surface area contributed by atoms with Gasteiger partial charge in [0.15, 0.2) is 6.10 Å². The smallest absolute Gasteiger partial charge is 0.355 e. The number of hydrogen-bond donors (Lipinski definition) is 1. The van der Waals surface area contributed by atoms with Gasteiger partial charge in [-0.2, -0.15) is 0 Å². The predicted octanol–water partition coefficient (Wildman–Crippen LogP) is 3.01. The Hall–Kier alpha value is -3.09. The number of hydrogen-bond acceptors (Lipinski definition) is 5. The second-order valence-electron chi connectivity index (χ2n) is 6.57. The Morgan fingerprint density at radius 3 is 2.36 bits per heavy atom. The normalized spacial score (nSPS) is 11.6. The third kappa shape index (κ3) is 4.79. The number of benzene rings is 1. The van der Waals surface area contributed by atoms with E-state index in [1.54, 1.807) is 27.8 Å². The molecule has 0 fully saturated rings. The Morgan fingerprint density at radius 2 is 1.75 bits per heavy atom. The van der Waals surface area contributed by atoms with E-state index in [0.29, 0.717) is 17.8 Å². The van der Waals surface area contributed by atoms with Crippen LogP contribution in [0.5, 0.6) is 0 Å². The van der Waals surface area contributed by atoms with Gasteiger partial charge < -0.3 is 19.4 Å². The number of likely N-dealkylation sites (N-methyl/N-ethyl adjacent to an activating group) is 1. The number of ether oxygens (including phenoxy) is 2. The van der Waals surface area contributed by atoms with Gasteiger partial charge in [-0.3, -0.25) is 4.79 Å². The van der Waals surface area contributed by atoms with Gasteiger partial charge in [-0.05, 0) is 38.8 Å². The number of aryl methyl sites for hydroxylation is 1. The van der Waals surface area contributed by atoms with Crippen molar-refractivity contribution in [3.8, 4) is 0 Å². The molecule has 2 aromatic rings. The first-order valence-corrected chi connectivity index (χ1v) is 9.12. The first kappa shape index (κ1) is 21.2. The van der Waals surface area contributed by atoms with Gasteiger partial charge in [0.05, 0.1) is 12.2 Å². The number of aromatic nitrogens is 1. The van der Waals surface area contributed by atoms with Gasteiger partial charge in [0.25, 0.3) is 5.91 Å². The predicted molar refractivity (Wildman–Crippen MR) is 104 cm³/mol. The molecule has 7 nitrogen and oxygen atoms in total. The zero-order valence-electron chi connectivity index (χ0n) is 16.9. The van der Waals surface area contributed by atoms with Crippen molar-refractivity contribution in [2.24, 2.45) is 0 Å². The van der Waals surface area contributed by atoms with Crippen molar-refractivity contribution in [2.75, 3.05) is 13.7 Å². The van der Waals surface area contributed by atoms with Crippen LogP contribution < -0.4 is 0 Å². The number of esters is 2. The van der Waals surface area contributed by atoms with E-state index in [9.17, 15) is 14.4 Å². The quantitative estimate of drug-likeness (QED) is 0.739. The molecule has 1 amide bonds. The maximum absolute atomic E-state index is 12.6. The molecule has 150 valence electrons. The van der Waals surface area contributed by atoms with Crippen LogP contribution in [0, 0.1) is 13.8 Å². The standard InChI is InChI=1S/C21H26N2O5/c1-6-27-21(26)18-13(2)17(14(3)22-18)20(25)28-15(4)19(24)23(5)12-16-10-8-7-9-11-16/h7-11,15,22H,6,12H2,1-5H3/t15-/m1/s1. The van der Waals surface area contributed by atoms with Crippen molar-refractivity contribution in [3.63, 3.8) is 0 Å². The van der Waals surface area contributed by atoms with Gasteiger partial charge in [-0.25, -0.2) is 9.59 Å². The zero-order chi connectivity index (χ0) is 20.8. The average molecular weight is 386 g/mol. The van der Waals surface area contributed by atoms with Gasteiger partial charge in [0.1, 0.15) is 5.69 Å². The highest BCUT2D eigenvalue weighted by molar-refractivity contribution is 5.99. The highest BCUT2D eigenvalue weighted by atomic mass is 16.5. The van der Waals surface area contributed by atoms with Crippen LogP contribution in [-0.2, 0) is 20.8 Å². The van der Waals surface area contributed by atoms with Crippen LogP contribution in [0.4, 0.5) is 0 Å². The largest absolute Gasteiger partial charge is 0.461 e. The molecule has 2 rings (SSSR count). The maximum atomic E-state index is 12.6. The first-order chi connectivity index (χ1) is 13.3. The minimum absolute atomic E-state index is 0.214. The topological polar surface area (TPSA) is 88.7 Å². The third-order valence-electron chi connectivity index (χ3n) is 4.39. The number of carbonyl (C=O) groups excluding carboxylic acids is 3. The first-order valence-electron chi connectivity index (χ1n) is 9.12. The lowest BCUT2D eigenvalue weighted by Gasteiger charge is -2.21. The van der Waals surface area contributed by atoms with Crippen LogP contribution in [0.25, 0.3) is 0 Å². The molecule has 1 aromatic carbocycles. The molecule has 1 N–H and O–H groups in total. The molecule has 0 radical (unpaired) electrons. The minimum Gasteiger partial charge on any atom is -0.461 e. The van der Waals surface area contributed by atoms with Crippen molar-refractivity contribution in [2.45, 2.75) is 40.3 Å². The van der Waals surface area contributed by atoms with Crippen molar-refractivity contribution in [1.29, 1.82) is 0 Å². The van der Waals surface area contributed by atoms with E-state index >= 15 is 0 Å². The van der Waals surface area contributed by atoms with Crippen LogP contribution in [0.15, 0.2) is 30.3 Å². The lowest BCUT2D eigenvalue weighted by Crippen LogP contribution is -2.37. The molecule has 1 aromatic heterocycles. The number of amides is 1. The number of nitrogens with one attached hydrogen (secondary N) is 1. The Kier molecular flexibility index (Phi) is 6.98. The summed E-state index contributed by atoms with van der Waals surface area (Å²) < 4.78 is 10.4. The SMILES string of the molecule is CCOC(=O)c1[nH]c(C)c(C(=O)O[C@H](C)C(=O)N(C)Cc2ccccc2)c1C. The van der Waals surface area contributed by atoms with Crippen molar-refractivity contribution in [3.05, 3.63) is 58.4 Å². The fraction of sp³-hybridized carbons (Fsp3) is 0.381. The number of carbonyl (C=O) groups is 3. The number of H-pyrrole nitrogens is 1. The van der Waals surface area contributed by atoms with E-state index < -0.39 is 18.0 Å². The number of aromatic amines is 1. The molecule has 0 saturated heterocycles. The van der Waals surface area contributed by atoms with E-state index in [4.69, 9.17) is 9.47 Å². The molecule has 0 aliphatic heterocycles. The van der Waals surface area contributed by atoms with Crippen LogP contribution >= 0.6 is 0 Å². The van der Waals surface area contributed by atoms with E-state index in [1.807, 2.05) is 30.3 Å². The van der Waals surface area contributed by atoms with E-state index in [2.05, 4.69) is 4.98 Å². The lowest BCUT2D eigenvalue weighted by atomic mass is 10.1. The molecule has 1 heterocycles. The summed E-state index contributed by atoms with van der Waals surface area (Å²) in [4.78, 5) is 41.5. The minimum atomic E-state index is -0.957. The molecular weight excluding hydrogens is 360 g/mol. The van der Waals surface area contributed by atoms with Crippen LogP contribution in [0.2, 0.25) is 0 Å². The van der Waals surface area contributed by atoms with Crippen molar-refractivity contribution >= 4 is 17.8 Å². The molecule has 0 aliphatic carbocycles. The Labute approximate surface area is 164 Å². The van der Waals surface area contributed by atoms with Crippen molar-refractivity contribution in [1.82, 2.24) is 9.88 Å². The highest BCUT2D eigenvalue weighted by Gasteiger charge is 2.27. The summed E-state index contributed by atoms with van der Waals surface area (Å²) in [6.45, 7) is 7.19. The highest BCUT2D eigenvalue weighted by Crippen LogP contribution is 2.20. The second-order valence-corrected chi connectivity index (χ2v) is 6.57. The summed E-state index contributed by atoms with van der Waals surface area (Å²) in [5.41, 5.74) is 2.37. The van der Waals surface area contributed by atoms with Crippen molar-refractivity contribution < 1.29 is 23.9 Å². The fourth-order valence-electron chi connectivity index (χ4n) is 2.98. The molecule has 0 saturated carbocycles. The van der Waals surface area contributed by atoms with Gasteiger partial charge in [0, 0.05) is 19.3 Å². The van der Waals surface area contributed by atoms with Gasteiger partial charge >= 0.3 is 11.9 Å². The number of rotatable bonds is 7. The fourth-order valence-corrected chi connectivity index (χ4v) is 2.98. The number of nitrogens with zero attached hydrogens (tertiary/aromatic N) is 1. The average Bonchev–Trinajstić information content (AvgIpc) is 2.96. The molecule has 7 heteroatoms. The molecular formula is C21H26N2O5. The Balaban J connectivity index is 2.07. The Bertz CT molecular complexity index is 857. The summed E-state index contributed by atoms with van der Waals surface area (Å²) in [5.74, 6) is -1.50. The zero-order valence-corrected chi connectivity index (χ0v) is 16.9. The molecule has 1 atom stereocenters. The molecule has 0 spiro atoms. The van der Waals surface area contributed by atoms with Gasteiger partial charge in [0.2, 0.25) is 0 Å². The third-order valence-corrected chi connectivity index (χ3v) is 4.39. The van der Waals surface area contributed by atoms with E-state index in [0.717, 1.165) is 5.56 Å². The molecule has 28 heavy (non-hydrogen) atoms. The summed E-state index contributed by atoms with van der Waals surface area (Å²) in [6, 6.07) is 9.54. The lowest BCUT2D eigenvalue weighted by molar-refractivity contribution is -0.139. The second kappa shape index (κ2) is 9.21. The van der Waals surface area contributed by atoms with Crippen LogP contribution in [0.1, 0.15) is 51.5 Å². The van der Waals surface area contributed by atoms with Crippen LogP contribution in [-0.4, -0.2) is 47.5 Å². The van der Waals surface area contributed by atoms with Gasteiger partial charge in [-0.15, -0.1) is 0 Å². The van der Waals surface area contributed by atoms with Crippen LogP contribution in [0.3, 0.4) is 0 Å². The van der Waals surface area contributed by atoms with E-state index in [-0.39, 0.29) is 23.8 Å². The van der Waals surface area contributed by atoms with E-state index in [1.165, 1.54) is 11.8 Å². The molecule has 0 bridgehead atoms. The monoisotopic (exact) mass is 386 g/mol. The van der Waals surface area contributed by atoms with Gasteiger partial charge in [-0.1, -0.05) is 30.3 Å². The molecule has 0 unspecified atom stereocenters.